The van der Waals surface area contributed by atoms with Crippen LogP contribution < -0.4 is 0 Å². The van der Waals surface area contributed by atoms with E-state index in [9.17, 15) is 9.18 Å². The van der Waals surface area contributed by atoms with Crippen molar-refractivity contribution < 1.29 is 13.9 Å². The van der Waals surface area contributed by atoms with Gasteiger partial charge in [0.15, 0.2) is 0 Å². The summed E-state index contributed by atoms with van der Waals surface area (Å²) in [5.74, 6) is 1.04. The Balaban J connectivity index is 1.63. The van der Waals surface area contributed by atoms with Crippen molar-refractivity contribution in [3.05, 3.63) is 70.3 Å². The van der Waals surface area contributed by atoms with Crippen LogP contribution in [-0.2, 0) is 17.6 Å². The van der Waals surface area contributed by atoms with Crippen molar-refractivity contribution in [1.29, 1.82) is 0 Å². The number of carbonyl (C=O) groups is 1. The highest BCUT2D eigenvalue weighted by Crippen LogP contribution is 2.46. The minimum atomic E-state index is -0.357. The number of imidazole rings is 1. The first-order valence-electron chi connectivity index (χ1n) is 12.2. The SMILES string of the molecule is COC(=O)c1ccc2c(c1)nc(CC1=C(C)Cc3ccc(F)cc31)n2[C@H]1C[C@@H](C)CC(C)(C)C1. The van der Waals surface area contributed by atoms with Crippen LogP contribution in [0.15, 0.2) is 42.0 Å². The average molecular weight is 461 g/mol. The second-order valence-corrected chi connectivity index (χ2v) is 11.1. The zero-order chi connectivity index (χ0) is 24.2. The van der Waals surface area contributed by atoms with Gasteiger partial charge < -0.3 is 9.30 Å². The van der Waals surface area contributed by atoms with E-state index in [2.05, 4.69) is 32.3 Å². The lowest BCUT2D eigenvalue weighted by atomic mass is 9.70. The molecule has 3 aromatic rings. The molecule has 0 bridgehead atoms. The largest absolute Gasteiger partial charge is 0.465 e. The van der Waals surface area contributed by atoms with Crippen LogP contribution in [0.5, 0.6) is 0 Å². The molecule has 1 saturated carbocycles. The summed E-state index contributed by atoms with van der Waals surface area (Å²) in [6.07, 6.45) is 4.90. The molecule has 34 heavy (non-hydrogen) atoms. The second-order valence-electron chi connectivity index (χ2n) is 11.1. The first-order chi connectivity index (χ1) is 16.1. The summed E-state index contributed by atoms with van der Waals surface area (Å²) < 4.78 is 21.5. The quantitative estimate of drug-likeness (QED) is 0.397. The molecule has 5 rings (SSSR count). The number of nitrogens with zero attached hydrogens (tertiary/aromatic N) is 2. The lowest BCUT2D eigenvalue weighted by Crippen LogP contribution is -2.30. The predicted octanol–water partition coefficient (Wildman–Crippen LogP) is 6.92. The lowest BCUT2D eigenvalue weighted by Gasteiger charge is -2.40. The van der Waals surface area contributed by atoms with Gasteiger partial charge in [-0.1, -0.05) is 32.4 Å². The molecule has 1 fully saturated rings. The molecule has 0 N–H and O–H groups in total. The van der Waals surface area contributed by atoms with E-state index in [0.717, 1.165) is 41.7 Å². The van der Waals surface area contributed by atoms with Gasteiger partial charge in [0.1, 0.15) is 11.6 Å². The number of hydrogen-bond donors (Lipinski definition) is 0. The smallest absolute Gasteiger partial charge is 0.337 e. The van der Waals surface area contributed by atoms with Gasteiger partial charge in [-0.3, -0.25) is 0 Å². The van der Waals surface area contributed by atoms with Crippen molar-refractivity contribution in [2.24, 2.45) is 11.3 Å². The summed E-state index contributed by atoms with van der Waals surface area (Å²) in [5, 5.41) is 0. The van der Waals surface area contributed by atoms with Gasteiger partial charge in [0.2, 0.25) is 0 Å². The van der Waals surface area contributed by atoms with Crippen LogP contribution in [0.3, 0.4) is 0 Å². The van der Waals surface area contributed by atoms with Crippen LogP contribution in [0.2, 0.25) is 0 Å². The second kappa shape index (κ2) is 8.37. The number of aromatic nitrogens is 2. The van der Waals surface area contributed by atoms with E-state index in [1.165, 1.54) is 30.2 Å². The minimum Gasteiger partial charge on any atom is -0.465 e. The van der Waals surface area contributed by atoms with E-state index in [0.29, 0.717) is 23.9 Å². The third-order valence-corrected chi connectivity index (χ3v) is 7.62. The molecule has 0 amide bonds. The summed E-state index contributed by atoms with van der Waals surface area (Å²) in [6, 6.07) is 11.1. The van der Waals surface area contributed by atoms with Crippen LogP contribution in [-0.4, -0.2) is 22.6 Å². The number of ether oxygens (including phenoxy) is 1. The van der Waals surface area contributed by atoms with Crippen molar-refractivity contribution in [3.8, 4) is 0 Å². The van der Waals surface area contributed by atoms with E-state index >= 15 is 0 Å². The first-order valence-corrected chi connectivity index (χ1v) is 12.2. The summed E-state index contributed by atoms with van der Waals surface area (Å²) in [6.45, 7) is 9.19. The van der Waals surface area contributed by atoms with E-state index in [4.69, 9.17) is 9.72 Å². The van der Waals surface area contributed by atoms with Crippen molar-refractivity contribution in [2.45, 2.75) is 65.8 Å². The fraction of sp³-hybridized carbons (Fsp3) is 0.448. The molecule has 2 aliphatic rings. The fourth-order valence-electron chi connectivity index (χ4n) is 6.43. The summed E-state index contributed by atoms with van der Waals surface area (Å²) in [5.41, 5.74) is 7.24. The minimum absolute atomic E-state index is 0.204. The number of allylic oxidation sites excluding steroid dienone is 2. The number of fused-ring (bicyclic) bond motifs is 2. The van der Waals surface area contributed by atoms with Gasteiger partial charge >= 0.3 is 5.97 Å². The maximum absolute atomic E-state index is 14.1. The highest BCUT2D eigenvalue weighted by atomic mass is 19.1. The highest BCUT2D eigenvalue weighted by molar-refractivity contribution is 5.94. The summed E-state index contributed by atoms with van der Waals surface area (Å²) in [7, 11) is 1.40. The summed E-state index contributed by atoms with van der Waals surface area (Å²) >= 11 is 0. The Kier molecular flexibility index (Phi) is 5.62. The molecule has 2 atom stereocenters. The van der Waals surface area contributed by atoms with Gasteiger partial charge in [-0.25, -0.2) is 14.2 Å². The van der Waals surface area contributed by atoms with Gasteiger partial charge in [-0.05, 0) is 91.0 Å². The molecule has 0 radical (unpaired) electrons. The van der Waals surface area contributed by atoms with E-state index in [1.54, 1.807) is 12.1 Å². The Bertz CT molecular complexity index is 1320. The normalized spacial score (nSPS) is 21.7. The van der Waals surface area contributed by atoms with Crippen molar-refractivity contribution in [3.63, 3.8) is 0 Å². The van der Waals surface area contributed by atoms with E-state index in [1.807, 2.05) is 24.3 Å². The zero-order valence-electron chi connectivity index (χ0n) is 20.7. The third-order valence-electron chi connectivity index (χ3n) is 7.62. The molecule has 0 spiro atoms. The summed E-state index contributed by atoms with van der Waals surface area (Å²) in [4.78, 5) is 17.2. The molecule has 0 saturated heterocycles. The topological polar surface area (TPSA) is 44.1 Å². The zero-order valence-corrected chi connectivity index (χ0v) is 20.7. The molecular formula is C29H33FN2O2. The van der Waals surface area contributed by atoms with Crippen LogP contribution in [0.25, 0.3) is 16.6 Å². The number of benzene rings is 2. The van der Waals surface area contributed by atoms with E-state index < -0.39 is 0 Å². The molecule has 5 heteroatoms. The van der Waals surface area contributed by atoms with Crippen LogP contribution in [0.1, 0.15) is 80.3 Å². The molecule has 2 aromatic carbocycles. The monoisotopic (exact) mass is 460 g/mol. The lowest BCUT2D eigenvalue weighted by molar-refractivity contribution is 0.0601. The highest BCUT2D eigenvalue weighted by Gasteiger charge is 2.35. The molecule has 4 nitrogen and oxygen atoms in total. The molecule has 1 aromatic heterocycles. The van der Waals surface area contributed by atoms with Crippen LogP contribution >= 0.6 is 0 Å². The molecular weight excluding hydrogens is 427 g/mol. The Morgan fingerprint density at radius 3 is 2.74 bits per heavy atom. The predicted molar refractivity (Wildman–Crippen MR) is 133 cm³/mol. The first kappa shape index (κ1) is 22.8. The number of methoxy groups -OCH3 is 1. The fourth-order valence-corrected chi connectivity index (χ4v) is 6.43. The average Bonchev–Trinajstić information content (AvgIpc) is 3.28. The van der Waals surface area contributed by atoms with Crippen molar-refractivity contribution >= 4 is 22.6 Å². The van der Waals surface area contributed by atoms with Gasteiger partial charge in [0, 0.05) is 12.5 Å². The molecule has 2 aliphatic carbocycles. The van der Waals surface area contributed by atoms with Gasteiger partial charge in [0.05, 0.1) is 23.7 Å². The Labute approximate surface area is 200 Å². The van der Waals surface area contributed by atoms with E-state index in [-0.39, 0.29) is 17.2 Å². The Hall–Kier alpha value is -2.95. The Morgan fingerprint density at radius 1 is 1.21 bits per heavy atom. The van der Waals surface area contributed by atoms with Gasteiger partial charge in [-0.15, -0.1) is 0 Å². The van der Waals surface area contributed by atoms with Crippen molar-refractivity contribution in [2.75, 3.05) is 7.11 Å². The standard InChI is InChI=1S/C29H33FN2O2/c1-17-10-22(16-29(3,4)15-17)32-26-9-7-20(28(33)34-5)12-25(26)31-27(32)14-23-18(2)11-19-6-8-21(30)13-24(19)23/h6-9,12-13,17,22H,10-11,14-16H2,1-5H3/t17-,22+/m1/s1. The molecule has 1 heterocycles. The van der Waals surface area contributed by atoms with Gasteiger partial charge in [-0.2, -0.15) is 0 Å². The van der Waals surface area contributed by atoms with Crippen LogP contribution in [0.4, 0.5) is 4.39 Å². The number of hydrogen-bond acceptors (Lipinski definition) is 3. The molecule has 178 valence electrons. The maximum atomic E-state index is 14.1. The number of esters is 1. The number of halogens is 1. The third kappa shape index (κ3) is 4.06. The Morgan fingerprint density at radius 2 is 2.00 bits per heavy atom. The van der Waals surface area contributed by atoms with Crippen molar-refractivity contribution in [1.82, 2.24) is 9.55 Å². The van der Waals surface area contributed by atoms with Crippen LogP contribution in [0, 0.1) is 17.2 Å². The van der Waals surface area contributed by atoms with Gasteiger partial charge in [0.25, 0.3) is 0 Å². The number of carbonyl (C=O) groups excluding carboxylic acids is 1. The maximum Gasteiger partial charge on any atom is 0.337 e. The molecule has 0 unspecified atom stereocenters. The molecule has 0 aliphatic heterocycles. The number of rotatable bonds is 4.